The van der Waals surface area contributed by atoms with Gasteiger partial charge in [0.05, 0.1) is 6.54 Å². The van der Waals surface area contributed by atoms with Crippen molar-refractivity contribution in [2.24, 2.45) is 5.92 Å². The van der Waals surface area contributed by atoms with E-state index < -0.39 is 0 Å². The molecule has 1 aliphatic carbocycles. The minimum atomic E-state index is 0.0273. The van der Waals surface area contributed by atoms with Gasteiger partial charge in [0, 0.05) is 12.5 Å². The monoisotopic (exact) mass is 410 g/mol. The minimum absolute atomic E-state index is 0.0273. The van der Waals surface area contributed by atoms with Gasteiger partial charge >= 0.3 is 0 Å². The van der Waals surface area contributed by atoms with E-state index in [9.17, 15) is 4.79 Å². The second-order valence-corrected chi connectivity index (χ2v) is 8.62. The topological polar surface area (TPSA) is 46.3 Å². The number of rotatable bonds is 6. The summed E-state index contributed by atoms with van der Waals surface area (Å²) in [6, 6.07) is 24.7. The molecule has 3 aromatic carbocycles. The Morgan fingerprint density at radius 2 is 1.71 bits per heavy atom. The quantitative estimate of drug-likeness (QED) is 0.405. The Hall–Kier alpha value is -3.40. The van der Waals surface area contributed by atoms with E-state index in [1.807, 2.05) is 48.2 Å². The van der Waals surface area contributed by atoms with Gasteiger partial charge in [-0.05, 0) is 55.0 Å². The number of carbonyl (C=O) groups excluding carboxylic acids is 1. The van der Waals surface area contributed by atoms with Crippen LogP contribution in [0.3, 0.4) is 0 Å². The van der Waals surface area contributed by atoms with Gasteiger partial charge in [0.25, 0.3) is 0 Å². The van der Waals surface area contributed by atoms with Crippen LogP contribution in [-0.2, 0) is 17.9 Å². The van der Waals surface area contributed by atoms with Crippen molar-refractivity contribution in [2.45, 2.75) is 39.3 Å². The van der Waals surface area contributed by atoms with Crippen LogP contribution in [0.15, 0.2) is 77.2 Å². The zero-order valence-corrected chi connectivity index (χ0v) is 17.9. The number of amides is 1. The molecule has 1 amide bonds. The largest absolute Gasteiger partial charge is 0.439 e. The molecule has 4 nitrogen and oxygen atoms in total. The number of aromatic nitrogens is 1. The van der Waals surface area contributed by atoms with Crippen LogP contribution < -0.4 is 0 Å². The summed E-state index contributed by atoms with van der Waals surface area (Å²) >= 11 is 0. The van der Waals surface area contributed by atoms with Gasteiger partial charge in [-0.3, -0.25) is 4.79 Å². The van der Waals surface area contributed by atoms with E-state index >= 15 is 0 Å². The molecule has 0 saturated heterocycles. The molecular weight excluding hydrogens is 384 g/mol. The summed E-state index contributed by atoms with van der Waals surface area (Å²) in [5.74, 6) is 1.09. The van der Waals surface area contributed by atoms with Gasteiger partial charge in [-0.1, -0.05) is 66.2 Å². The SMILES string of the molecule is Cc1ccc(CN(Cc2nc3cc(C)ccc3o2)C(=O)C2C[C@@H]2c2ccccc2)cc1. The Morgan fingerprint density at radius 3 is 2.48 bits per heavy atom. The van der Waals surface area contributed by atoms with Crippen molar-refractivity contribution in [3.05, 3.63) is 101 Å². The summed E-state index contributed by atoms with van der Waals surface area (Å²) in [6.07, 6.45) is 0.903. The van der Waals surface area contributed by atoms with Crippen molar-refractivity contribution in [3.63, 3.8) is 0 Å². The zero-order valence-electron chi connectivity index (χ0n) is 17.9. The Kier molecular flexibility index (Phi) is 5.06. The molecule has 2 atom stereocenters. The average molecular weight is 411 g/mol. The van der Waals surface area contributed by atoms with Crippen molar-refractivity contribution >= 4 is 17.0 Å². The Morgan fingerprint density at radius 1 is 0.968 bits per heavy atom. The van der Waals surface area contributed by atoms with E-state index in [-0.39, 0.29) is 11.8 Å². The molecule has 1 fully saturated rings. The lowest BCUT2D eigenvalue weighted by atomic mass is 10.1. The van der Waals surface area contributed by atoms with Gasteiger partial charge in [-0.15, -0.1) is 0 Å². The van der Waals surface area contributed by atoms with Gasteiger partial charge < -0.3 is 9.32 Å². The van der Waals surface area contributed by atoms with E-state index in [1.54, 1.807) is 0 Å². The number of aryl methyl sites for hydroxylation is 2. The minimum Gasteiger partial charge on any atom is -0.439 e. The fourth-order valence-corrected chi connectivity index (χ4v) is 4.21. The second kappa shape index (κ2) is 8.03. The van der Waals surface area contributed by atoms with E-state index in [1.165, 1.54) is 11.1 Å². The zero-order chi connectivity index (χ0) is 21.4. The maximum atomic E-state index is 13.5. The molecule has 0 aliphatic heterocycles. The molecule has 0 radical (unpaired) electrons. The van der Waals surface area contributed by atoms with Crippen molar-refractivity contribution < 1.29 is 9.21 Å². The third-order valence-corrected chi connectivity index (χ3v) is 6.05. The molecule has 4 aromatic rings. The average Bonchev–Trinajstić information content (AvgIpc) is 3.48. The third-order valence-electron chi connectivity index (χ3n) is 6.05. The van der Waals surface area contributed by atoms with Crippen LogP contribution in [0.4, 0.5) is 0 Å². The standard InChI is InChI=1S/C27H26N2O2/c1-18-8-11-20(12-9-18)16-29(17-26-28-24-14-19(2)10-13-25(24)31-26)27(30)23-15-22(23)21-6-4-3-5-7-21/h3-14,22-23H,15-17H2,1-2H3/t22-,23?/m1/s1. The van der Waals surface area contributed by atoms with Gasteiger partial charge in [0.15, 0.2) is 5.58 Å². The summed E-state index contributed by atoms with van der Waals surface area (Å²) < 4.78 is 5.97. The molecule has 0 N–H and O–H groups in total. The normalized spacial score (nSPS) is 17.6. The Bertz CT molecular complexity index is 1210. The molecular formula is C27H26N2O2. The van der Waals surface area contributed by atoms with Gasteiger partial charge in [-0.2, -0.15) is 0 Å². The van der Waals surface area contributed by atoms with Crippen molar-refractivity contribution in [3.8, 4) is 0 Å². The number of fused-ring (bicyclic) bond motifs is 1. The van der Waals surface area contributed by atoms with Crippen LogP contribution in [0, 0.1) is 19.8 Å². The number of carbonyl (C=O) groups is 1. The van der Waals surface area contributed by atoms with Gasteiger partial charge in [0.1, 0.15) is 5.52 Å². The van der Waals surface area contributed by atoms with Crippen molar-refractivity contribution in [2.75, 3.05) is 0 Å². The first-order valence-corrected chi connectivity index (χ1v) is 10.8. The molecule has 1 aliphatic rings. The van der Waals surface area contributed by atoms with E-state index in [2.05, 4.69) is 48.3 Å². The fourth-order valence-electron chi connectivity index (χ4n) is 4.21. The summed E-state index contributed by atoms with van der Waals surface area (Å²) in [6.45, 7) is 5.03. The molecule has 5 rings (SSSR count). The third kappa shape index (κ3) is 4.24. The molecule has 156 valence electrons. The molecule has 0 spiro atoms. The molecule has 1 unspecified atom stereocenters. The maximum Gasteiger partial charge on any atom is 0.227 e. The van der Waals surface area contributed by atoms with Gasteiger partial charge in [0.2, 0.25) is 11.8 Å². The van der Waals surface area contributed by atoms with E-state index in [4.69, 9.17) is 4.42 Å². The first-order chi connectivity index (χ1) is 15.1. The summed E-state index contributed by atoms with van der Waals surface area (Å²) in [7, 11) is 0. The van der Waals surface area contributed by atoms with Crippen LogP contribution in [-0.4, -0.2) is 15.8 Å². The Labute approximate surface area is 182 Å². The number of hydrogen-bond donors (Lipinski definition) is 0. The van der Waals surface area contributed by atoms with Crippen LogP contribution in [0.2, 0.25) is 0 Å². The van der Waals surface area contributed by atoms with E-state index in [0.29, 0.717) is 24.9 Å². The summed E-state index contributed by atoms with van der Waals surface area (Å²) in [5, 5.41) is 0. The summed E-state index contributed by atoms with van der Waals surface area (Å²) in [5.41, 5.74) is 6.31. The molecule has 31 heavy (non-hydrogen) atoms. The van der Waals surface area contributed by atoms with E-state index in [0.717, 1.165) is 28.6 Å². The Balaban J connectivity index is 1.39. The highest BCUT2D eigenvalue weighted by atomic mass is 16.3. The molecule has 4 heteroatoms. The highest BCUT2D eigenvalue weighted by Gasteiger charge is 2.45. The second-order valence-electron chi connectivity index (χ2n) is 8.62. The molecule has 0 bridgehead atoms. The van der Waals surface area contributed by atoms with Crippen molar-refractivity contribution in [1.82, 2.24) is 9.88 Å². The first kappa shape index (κ1) is 19.6. The number of nitrogens with zero attached hydrogens (tertiary/aromatic N) is 2. The lowest BCUT2D eigenvalue weighted by Crippen LogP contribution is -2.31. The number of hydrogen-bond acceptors (Lipinski definition) is 3. The number of oxazole rings is 1. The van der Waals surface area contributed by atoms with Crippen LogP contribution >= 0.6 is 0 Å². The summed E-state index contributed by atoms with van der Waals surface area (Å²) in [4.78, 5) is 20.0. The van der Waals surface area contributed by atoms with Crippen molar-refractivity contribution in [1.29, 1.82) is 0 Å². The smallest absolute Gasteiger partial charge is 0.227 e. The highest BCUT2D eigenvalue weighted by molar-refractivity contribution is 5.83. The molecule has 1 saturated carbocycles. The first-order valence-electron chi connectivity index (χ1n) is 10.8. The molecule has 1 aromatic heterocycles. The fraction of sp³-hybridized carbons (Fsp3) is 0.259. The lowest BCUT2D eigenvalue weighted by Gasteiger charge is -2.22. The number of benzene rings is 3. The van der Waals surface area contributed by atoms with Gasteiger partial charge in [-0.25, -0.2) is 4.98 Å². The predicted molar refractivity (Wildman–Crippen MR) is 121 cm³/mol. The van der Waals surface area contributed by atoms with Crippen LogP contribution in [0.25, 0.3) is 11.1 Å². The van der Waals surface area contributed by atoms with Crippen LogP contribution in [0.5, 0.6) is 0 Å². The van der Waals surface area contributed by atoms with Crippen LogP contribution in [0.1, 0.15) is 40.5 Å². The predicted octanol–water partition coefficient (Wildman–Crippen LogP) is 5.78. The molecule has 1 heterocycles. The highest BCUT2D eigenvalue weighted by Crippen LogP contribution is 2.48. The lowest BCUT2D eigenvalue weighted by molar-refractivity contribution is -0.134. The maximum absolute atomic E-state index is 13.5.